The molecule has 0 heterocycles. The maximum absolute atomic E-state index is 12.0. The van der Waals surface area contributed by atoms with Crippen LogP contribution >= 0.6 is 8.03 Å². The number of benzene rings is 2. The second-order valence-electron chi connectivity index (χ2n) is 8.82. The van der Waals surface area contributed by atoms with E-state index in [0.29, 0.717) is 43.7 Å². The number of aromatic hydroxyl groups is 1. The van der Waals surface area contributed by atoms with Crippen molar-refractivity contribution < 1.29 is 34.3 Å². The fourth-order valence-corrected chi connectivity index (χ4v) is 5.06. The van der Waals surface area contributed by atoms with Crippen molar-refractivity contribution in [1.29, 1.82) is 0 Å². The Balaban J connectivity index is 1.43. The predicted molar refractivity (Wildman–Crippen MR) is 130 cm³/mol. The summed E-state index contributed by atoms with van der Waals surface area (Å²) >= 11 is 0. The molecule has 2 aromatic rings. The fourth-order valence-electron chi connectivity index (χ4n) is 4.19. The van der Waals surface area contributed by atoms with E-state index in [4.69, 9.17) is 9.47 Å². The first-order chi connectivity index (χ1) is 16.4. The maximum Gasteiger partial charge on any atom is 0.515 e. The van der Waals surface area contributed by atoms with Gasteiger partial charge < -0.3 is 30.1 Å². The molecule has 5 N–H and O–H groups in total. The van der Waals surface area contributed by atoms with Crippen LogP contribution in [-0.2, 0) is 17.6 Å². The minimum atomic E-state index is -2.31. The summed E-state index contributed by atoms with van der Waals surface area (Å²) in [4.78, 5) is 9.92. The molecule has 186 valence electrons. The van der Waals surface area contributed by atoms with E-state index in [1.807, 2.05) is 24.3 Å². The summed E-state index contributed by atoms with van der Waals surface area (Å²) in [5.74, 6) is 1.19. The standard InChI is InChI=1S/C25H34NO7P/c27-16-20-14-22(8-9-23(20)29)32-17-21(28)15-26-13-10-19-6-2-3-7-24(19)33-18-25(34(30)31)11-4-1-5-12-25/h2-3,6-9,14,21,26-28H,1,4-5,10-13,15-18H2,(H-,29,30,31)/p+1. The Morgan fingerprint density at radius 2 is 1.82 bits per heavy atom. The lowest BCUT2D eigenvalue weighted by Gasteiger charge is -2.26. The summed E-state index contributed by atoms with van der Waals surface area (Å²) in [6.07, 6.45) is 4.39. The molecule has 0 spiro atoms. The molecule has 1 fully saturated rings. The van der Waals surface area contributed by atoms with Gasteiger partial charge in [-0.2, -0.15) is 4.89 Å². The largest absolute Gasteiger partial charge is 0.515 e. The number of hydrogen-bond acceptors (Lipinski definition) is 7. The third-order valence-corrected chi connectivity index (χ3v) is 7.66. The Morgan fingerprint density at radius 3 is 2.56 bits per heavy atom. The summed E-state index contributed by atoms with van der Waals surface area (Å²) < 4.78 is 23.6. The Labute approximate surface area is 201 Å². The summed E-state index contributed by atoms with van der Waals surface area (Å²) in [6.45, 7) is 0.975. The number of aliphatic hydroxyl groups is 2. The SMILES string of the molecule is O=[P+](O)C1(COc2ccccc2CCNCC(O)COc2ccc(O)c(CO)c2)CCCCC1. The van der Waals surface area contributed by atoms with Gasteiger partial charge in [0.25, 0.3) is 0 Å². The number of para-hydroxylation sites is 1. The van der Waals surface area contributed by atoms with Crippen molar-refractivity contribution in [3.8, 4) is 17.2 Å². The van der Waals surface area contributed by atoms with Crippen molar-refractivity contribution in [3.63, 3.8) is 0 Å². The second-order valence-corrected chi connectivity index (χ2v) is 10.3. The van der Waals surface area contributed by atoms with E-state index < -0.39 is 19.3 Å². The molecule has 1 aliphatic carbocycles. The van der Waals surface area contributed by atoms with Gasteiger partial charge >= 0.3 is 8.03 Å². The van der Waals surface area contributed by atoms with Crippen LogP contribution in [0.25, 0.3) is 0 Å². The Morgan fingerprint density at radius 1 is 1.06 bits per heavy atom. The van der Waals surface area contributed by atoms with Crippen molar-refractivity contribution >= 4 is 8.03 Å². The Hall–Kier alpha value is -2.22. The van der Waals surface area contributed by atoms with Crippen LogP contribution in [0.4, 0.5) is 0 Å². The van der Waals surface area contributed by atoms with Crippen LogP contribution in [0, 0.1) is 0 Å². The highest BCUT2D eigenvalue weighted by Crippen LogP contribution is 2.47. The number of phenols is 1. The first-order valence-corrected chi connectivity index (χ1v) is 13.0. The van der Waals surface area contributed by atoms with Crippen molar-refractivity contribution in [2.75, 3.05) is 26.3 Å². The summed E-state index contributed by atoms with van der Waals surface area (Å²) in [7, 11) is -2.31. The first kappa shape index (κ1) is 26.4. The molecule has 1 saturated carbocycles. The average molecular weight is 493 g/mol. The van der Waals surface area contributed by atoms with Crippen LogP contribution in [0.3, 0.4) is 0 Å². The molecular weight excluding hydrogens is 457 g/mol. The van der Waals surface area contributed by atoms with Gasteiger partial charge in [0.05, 0.1) is 6.61 Å². The molecule has 0 bridgehead atoms. The van der Waals surface area contributed by atoms with Gasteiger partial charge in [-0.25, -0.2) is 0 Å². The molecule has 0 aliphatic heterocycles. The Kier molecular flexibility index (Phi) is 10.1. The lowest BCUT2D eigenvalue weighted by molar-refractivity contribution is 0.106. The van der Waals surface area contributed by atoms with Gasteiger partial charge in [0.2, 0.25) is 5.16 Å². The van der Waals surface area contributed by atoms with Gasteiger partial charge in [-0.05, 0) is 60.2 Å². The van der Waals surface area contributed by atoms with E-state index >= 15 is 0 Å². The van der Waals surface area contributed by atoms with Crippen LogP contribution in [0.2, 0.25) is 0 Å². The van der Waals surface area contributed by atoms with Crippen molar-refractivity contribution in [3.05, 3.63) is 53.6 Å². The summed E-state index contributed by atoms with van der Waals surface area (Å²) in [6, 6.07) is 12.3. The zero-order valence-electron chi connectivity index (χ0n) is 19.4. The molecule has 3 rings (SSSR count). The van der Waals surface area contributed by atoms with Gasteiger partial charge in [-0.3, -0.25) is 0 Å². The van der Waals surface area contributed by atoms with Crippen LogP contribution < -0.4 is 14.8 Å². The lowest BCUT2D eigenvalue weighted by Crippen LogP contribution is -2.35. The number of nitrogens with one attached hydrogen (secondary N) is 1. The highest BCUT2D eigenvalue weighted by Gasteiger charge is 2.50. The third-order valence-electron chi connectivity index (χ3n) is 6.27. The van der Waals surface area contributed by atoms with E-state index in [-0.39, 0.29) is 25.6 Å². The average Bonchev–Trinajstić information content (AvgIpc) is 2.86. The molecule has 8 nitrogen and oxygen atoms in total. The van der Waals surface area contributed by atoms with E-state index in [2.05, 4.69) is 5.32 Å². The molecule has 34 heavy (non-hydrogen) atoms. The fraction of sp³-hybridized carbons (Fsp3) is 0.520. The van der Waals surface area contributed by atoms with Crippen molar-refractivity contribution in [2.45, 2.75) is 56.4 Å². The predicted octanol–water partition coefficient (Wildman–Crippen LogP) is 3.27. The van der Waals surface area contributed by atoms with E-state index in [9.17, 15) is 24.8 Å². The van der Waals surface area contributed by atoms with Gasteiger partial charge in [0, 0.05) is 24.9 Å². The van der Waals surface area contributed by atoms with Gasteiger partial charge in [-0.1, -0.05) is 24.6 Å². The van der Waals surface area contributed by atoms with Gasteiger partial charge in [-0.15, -0.1) is 0 Å². The molecule has 0 amide bonds. The molecule has 2 aromatic carbocycles. The number of aliphatic hydroxyl groups excluding tert-OH is 2. The van der Waals surface area contributed by atoms with Gasteiger partial charge in [0.15, 0.2) is 0 Å². The maximum atomic E-state index is 12.0. The molecular formula is C25H35NO7P+. The molecule has 9 heteroatoms. The third kappa shape index (κ3) is 7.39. The monoisotopic (exact) mass is 492 g/mol. The smallest absolute Gasteiger partial charge is 0.508 e. The minimum absolute atomic E-state index is 0.000380. The van der Waals surface area contributed by atoms with E-state index in [1.165, 1.54) is 12.1 Å². The molecule has 0 radical (unpaired) electrons. The minimum Gasteiger partial charge on any atom is -0.508 e. The number of hydrogen-bond donors (Lipinski definition) is 5. The van der Waals surface area contributed by atoms with Crippen LogP contribution in [0.5, 0.6) is 17.2 Å². The van der Waals surface area contributed by atoms with E-state index in [1.54, 1.807) is 6.07 Å². The Bertz CT molecular complexity index is 933. The van der Waals surface area contributed by atoms with Crippen LogP contribution in [0.15, 0.2) is 42.5 Å². The number of rotatable bonds is 13. The highest BCUT2D eigenvalue weighted by molar-refractivity contribution is 7.40. The molecule has 0 saturated heterocycles. The lowest BCUT2D eigenvalue weighted by atomic mass is 9.89. The van der Waals surface area contributed by atoms with Crippen LogP contribution in [0.1, 0.15) is 43.2 Å². The molecule has 0 aromatic heterocycles. The zero-order chi connectivity index (χ0) is 24.4. The summed E-state index contributed by atoms with van der Waals surface area (Å²) in [5, 5.41) is 31.5. The topological polar surface area (TPSA) is 128 Å². The second kappa shape index (κ2) is 13.0. The first-order valence-electron chi connectivity index (χ1n) is 11.7. The van der Waals surface area contributed by atoms with Crippen molar-refractivity contribution in [2.24, 2.45) is 0 Å². The zero-order valence-corrected chi connectivity index (χ0v) is 20.3. The molecule has 2 atom stereocenters. The normalized spacial score (nSPS) is 16.6. The van der Waals surface area contributed by atoms with Crippen LogP contribution in [-0.4, -0.2) is 57.8 Å². The quantitative estimate of drug-likeness (QED) is 0.213. The molecule has 1 aliphatic rings. The van der Waals surface area contributed by atoms with E-state index in [0.717, 1.165) is 30.6 Å². The highest BCUT2D eigenvalue weighted by atomic mass is 31.1. The molecule has 2 unspecified atom stereocenters. The number of ether oxygens (including phenoxy) is 2. The summed E-state index contributed by atoms with van der Waals surface area (Å²) in [5.41, 5.74) is 1.37. The van der Waals surface area contributed by atoms with Gasteiger partial charge in [0.1, 0.15) is 36.6 Å². The van der Waals surface area contributed by atoms with Crippen molar-refractivity contribution in [1.82, 2.24) is 5.32 Å².